The molecule has 1 aliphatic heterocycles. The van der Waals surface area contributed by atoms with Crippen LogP contribution in [-0.2, 0) is 11.3 Å². The molecule has 2 aromatic rings. The zero-order valence-electron chi connectivity index (χ0n) is 8.35. The smallest absolute Gasteiger partial charge is 0.212 e. The summed E-state index contributed by atoms with van der Waals surface area (Å²) in [5, 5.41) is 6.37. The highest BCUT2D eigenvalue weighted by Crippen LogP contribution is 2.11. The minimum atomic E-state index is 0.875. The van der Waals surface area contributed by atoms with E-state index < -0.39 is 0 Å². The third kappa shape index (κ3) is 1.75. The van der Waals surface area contributed by atoms with Crippen LogP contribution in [0.25, 0.3) is 4.96 Å². The first-order valence-electron chi connectivity index (χ1n) is 5.11. The molecule has 3 rings (SSSR count). The maximum Gasteiger partial charge on any atom is 0.212 e. The molecule has 15 heavy (non-hydrogen) atoms. The van der Waals surface area contributed by atoms with Gasteiger partial charge in [0.1, 0.15) is 31.7 Å². The number of quaternary nitrogens is 1. The van der Waals surface area contributed by atoms with Crippen LogP contribution in [0, 0.1) is 0 Å². The maximum absolute atomic E-state index is 5.34. The van der Waals surface area contributed by atoms with Gasteiger partial charge in [0, 0.05) is 5.38 Å². The Morgan fingerprint density at radius 2 is 2.33 bits per heavy atom. The van der Waals surface area contributed by atoms with E-state index in [9.17, 15) is 0 Å². The van der Waals surface area contributed by atoms with E-state index in [0.29, 0.717) is 0 Å². The lowest BCUT2D eigenvalue weighted by Crippen LogP contribution is -3.12. The van der Waals surface area contributed by atoms with Gasteiger partial charge in [0.2, 0.25) is 4.96 Å². The molecule has 0 amide bonds. The maximum atomic E-state index is 5.34. The van der Waals surface area contributed by atoms with Gasteiger partial charge >= 0.3 is 0 Å². The fourth-order valence-corrected chi connectivity index (χ4v) is 2.69. The topological polar surface area (TPSA) is 43.9 Å². The van der Waals surface area contributed by atoms with Crippen molar-refractivity contribution in [2.75, 3.05) is 26.3 Å². The molecule has 0 aromatic carbocycles. The van der Waals surface area contributed by atoms with Crippen molar-refractivity contribution in [3.8, 4) is 0 Å². The highest BCUT2D eigenvalue weighted by molar-refractivity contribution is 7.15. The number of hydrogen-bond acceptors (Lipinski definition) is 4. The zero-order valence-corrected chi connectivity index (χ0v) is 9.16. The van der Waals surface area contributed by atoms with Gasteiger partial charge in [-0.25, -0.2) is 9.50 Å². The van der Waals surface area contributed by atoms with E-state index in [1.165, 1.54) is 5.69 Å². The molecule has 1 aliphatic rings. The minimum absolute atomic E-state index is 0.875. The first-order valence-corrected chi connectivity index (χ1v) is 5.99. The third-order valence-electron chi connectivity index (χ3n) is 2.72. The summed E-state index contributed by atoms with van der Waals surface area (Å²) in [6.45, 7) is 4.95. The Morgan fingerprint density at radius 1 is 1.47 bits per heavy atom. The lowest BCUT2D eigenvalue weighted by Gasteiger charge is -2.23. The normalized spacial score (nSPS) is 18.7. The Hall–Kier alpha value is -0.980. The van der Waals surface area contributed by atoms with Gasteiger partial charge in [-0.2, -0.15) is 5.10 Å². The van der Waals surface area contributed by atoms with Gasteiger partial charge in [-0.3, -0.25) is 0 Å². The molecule has 0 saturated carbocycles. The molecule has 3 heterocycles. The van der Waals surface area contributed by atoms with Crippen LogP contribution >= 0.6 is 11.3 Å². The van der Waals surface area contributed by atoms with Crippen molar-refractivity contribution < 1.29 is 9.64 Å². The van der Waals surface area contributed by atoms with Crippen LogP contribution < -0.4 is 4.90 Å². The van der Waals surface area contributed by atoms with Crippen molar-refractivity contribution in [1.29, 1.82) is 0 Å². The number of hydrogen-bond donors (Lipinski definition) is 1. The molecule has 6 heteroatoms. The van der Waals surface area contributed by atoms with Crippen LogP contribution in [0.4, 0.5) is 0 Å². The van der Waals surface area contributed by atoms with Crippen molar-refractivity contribution in [2.45, 2.75) is 6.54 Å². The van der Waals surface area contributed by atoms with Crippen LogP contribution in [0.3, 0.4) is 0 Å². The molecule has 0 spiro atoms. The molecule has 2 aromatic heterocycles. The minimum Gasteiger partial charge on any atom is -0.370 e. The van der Waals surface area contributed by atoms with Crippen molar-refractivity contribution >= 4 is 16.3 Å². The molecule has 0 bridgehead atoms. The van der Waals surface area contributed by atoms with Crippen LogP contribution in [0.2, 0.25) is 0 Å². The van der Waals surface area contributed by atoms with Crippen LogP contribution in [0.1, 0.15) is 5.69 Å². The second kappa shape index (κ2) is 3.88. The molecule has 0 aliphatic carbocycles. The van der Waals surface area contributed by atoms with Crippen LogP contribution in [0.15, 0.2) is 11.7 Å². The molecular formula is C9H13N4OS+. The van der Waals surface area contributed by atoms with E-state index in [0.717, 1.165) is 37.8 Å². The SMILES string of the molecule is c1nc2scc(C[NH+]3CCOCC3)n2n1. The number of thiazole rings is 1. The van der Waals surface area contributed by atoms with Gasteiger partial charge in [0.15, 0.2) is 0 Å². The molecule has 5 nitrogen and oxygen atoms in total. The summed E-state index contributed by atoms with van der Waals surface area (Å²) in [6.07, 6.45) is 1.62. The lowest BCUT2D eigenvalue weighted by atomic mass is 10.3. The summed E-state index contributed by atoms with van der Waals surface area (Å²) >= 11 is 1.65. The number of fused-ring (bicyclic) bond motifs is 1. The van der Waals surface area contributed by atoms with Crippen LogP contribution in [-0.4, -0.2) is 40.9 Å². The van der Waals surface area contributed by atoms with E-state index in [1.54, 1.807) is 22.6 Å². The van der Waals surface area contributed by atoms with Gasteiger partial charge in [0.25, 0.3) is 0 Å². The van der Waals surface area contributed by atoms with Crippen molar-refractivity contribution in [2.24, 2.45) is 0 Å². The van der Waals surface area contributed by atoms with Crippen LogP contribution in [0.5, 0.6) is 0 Å². The van der Waals surface area contributed by atoms with Crippen molar-refractivity contribution in [3.05, 3.63) is 17.4 Å². The molecule has 1 N–H and O–H groups in total. The Balaban J connectivity index is 1.79. The fraction of sp³-hybridized carbons (Fsp3) is 0.556. The average molecular weight is 225 g/mol. The summed E-state index contributed by atoms with van der Waals surface area (Å²) in [7, 11) is 0. The van der Waals surface area contributed by atoms with Gasteiger partial charge in [-0.15, -0.1) is 11.3 Å². The number of morpholine rings is 1. The molecule has 0 unspecified atom stereocenters. The third-order valence-corrected chi connectivity index (χ3v) is 3.60. The Labute approximate surface area is 91.3 Å². The van der Waals surface area contributed by atoms with Gasteiger partial charge in [-0.1, -0.05) is 0 Å². The standard InChI is InChI=1S/C9H12N4OS/c1-3-14-4-2-12(1)5-8-6-15-9-10-7-11-13(8)9/h6-7H,1-5H2/p+1. The fourth-order valence-electron chi connectivity index (χ4n) is 1.89. The second-order valence-corrected chi connectivity index (χ2v) is 4.56. The summed E-state index contributed by atoms with van der Waals surface area (Å²) < 4.78 is 7.28. The summed E-state index contributed by atoms with van der Waals surface area (Å²) in [6, 6.07) is 0. The Morgan fingerprint density at radius 3 is 3.20 bits per heavy atom. The van der Waals surface area contributed by atoms with E-state index in [2.05, 4.69) is 15.5 Å². The highest BCUT2D eigenvalue weighted by atomic mass is 32.1. The quantitative estimate of drug-likeness (QED) is 0.728. The number of ether oxygens (including phenoxy) is 1. The van der Waals surface area contributed by atoms with Gasteiger partial charge < -0.3 is 9.64 Å². The molecule has 80 valence electrons. The predicted molar refractivity (Wildman–Crippen MR) is 56.1 cm³/mol. The van der Waals surface area contributed by atoms with E-state index in [-0.39, 0.29) is 0 Å². The highest BCUT2D eigenvalue weighted by Gasteiger charge is 2.16. The molecule has 0 radical (unpaired) electrons. The number of aromatic nitrogens is 3. The lowest BCUT2D eigenvalue weighted by molar-refractivity contribution is -0.921. The Bertz CT molecular complexity index is 446. The number of rotatable bonds is 2. The summed E-state index contributed by atoms with van der Waals surface area (Å²) in [5.41, 5.74) is 1.25. The molecule has 0 atom stereocenters. The van der Waals surface area contributed by atoms with Gasteiger partial charge in [-0.05, 0) is 0 Å². The van der Waals surface area contributed by atoms with E-state index in [4.69, 9.17) is 4.74 Å². The van der Waals surface area contributed by atoms with E-state index in [1.807, 2.05) is 4.52 Å². The monoisotopic (exact) mass is 225 g/mol. The molecule has 1 fully saturated rings. The van der Waals surface area contributed by atoms with Crippen molar-refractivity contribution in [3.63, 3.8) is 0 Å². The first-order chi connectivity index (χ1) is 7.43. The predicted octanol–water partition coefficient (Wildman–Crippen LogP) is -0.794. The largest absolute Gasteiger partial charge is 0.370 e. The molecule has 1 saturated heterocycles. The molecular weight excluding hydrogens is 212 g/mol. The number of nitrogens with one attached hydrogen (secondary N) is 1. The Kier molecular flexibility index (Phi) is 2.40. The summed E-state index contributed by atoms with van der Waals surface area (Å²) in [5.74, 6) is 0. The summed E-state index contributed by atoms with van der Waals surface area (Å²) in [4.78, 5) is 6.72. The number of nitrogens with zero attached hydrogens (tertiary/aromatic N) is 3. The second-order valence-electron chi connectivity index (χ2n) is 3.72. The van der Waals surface area contributed by atoms with E-state index >= 15 is 0 Å². The zero-order chi connectivity index (χ0) is 10.1. The average Bonchev–Trinajstić information content (AvgIpc) is 2.85. The first kappa shape index (κ1) is 9.26. The van der Waals surface area contributed by atoms with Gasteiger partial charge in [0.05, 0.1) is 13.2 Å². The van der Waals surface area contributed by atoms with Crippen molar-refractivity contribution in [1.82, 2.24) is 14.6 Å².